The van der Waals surface area contributed by atoms with E-state index in [0.717, 1.165) is 24.8 Å². The molecule has 2 aromatic rings. The Hall–Kier alpha value is -2.39. The van der Waals surface area contributed by atoms with Crippen LogP contribution in [-0.2, 0) is 11.0 Å². The average molecular weight is 670 g/mol. The zero-order valence-corrected chi connectivity index (χ0v) is 25.6. The number of benzene rings is 2. The van der Waals surface area contributed by atoms with E-state index in [9.17, 15) is 4.91 Å². The summed E-state index contributed by atoms with van der Waals surface area (Å²) in [7, 11) is -6.40. The Kier molecular flexibility index (Phi) is 10.9. The standard InChI is InChI=1S/2C6H5.5CN.4CH3.Fe.NO.2Sn.2H/c2*1-2-4-6-5-3-1;5*1-2;;;;;;1-2;;;;/h2*1-5H;;;;;;4*1H3;;;;;;/q;;;;;;;;;;;+1;-1;;;;. The van der Waals surface area contributed by atoms with Gasteiger partial charge in [-0.15, -0.1) is 0 Å². The summed E-state index contributed by atoms with van der Waals surface area (Å²) in [6, 6.07) is 21.7. The fourth-order valence-corrected chi connectivity index (χ4v) is 8.36. The molecule has 0 aliphatic carbocycles. The molecule has 0 aliphatic heterocycles. The first-order valence-corrected chi connectivity index (χ1v) is 28.8. The summed E-state index contributed by atoms with van der Waals surface area (Å²) >= 11 is -2.27. The van der Waals surface area contributed by atoms with Gasteiger partial charge in [0.15, 0.2) is 0 Å². The summed E-state index contributed by atoms with van der Waals surface area (Å²) in [6.45, 7) is 0. The van der Waals surface area contributed by atoms with Crippen molar-refractivity contribution < 1.29 is 11.0 Å². The molecule has 31 heavy (non-hydrogen) atoms. The van der Waals surface area contributed by atoms with Crippen LogP contribution in [0.3, 0.4) is 0 Å². The third-order valence-electron chi connectivity index (χ3n) is 4.06. The van der Waals surface area contributed by atoms with Crippen molar-refractivity contribution in [1.29, 1.82) is 26.3 Å². The van der Waals surface area contributed by atoms with Crippen molar-refractivity contribution in [3.05, 3.63) is 65.6 Å². The maximum atomic E-state index is 10.3. The van der Waals surface area contributed by atoms with E-state index in [2.05, 4.69) is 80.4 Å². The van der Waals surface area contributed by atoms with Gasteiger partial charge in [0.1, 0.15) is 0 Å². The van der Waals surface area contributed by atoms with E-state index in [4.69, 9.17) is 26.3 Å². The molecule has 0 atom stereocenters. The Morgan fingerprint density at radius 3 is 0.968 bits per heavy atom. The summed E-state index contributed by atoms with van der Waals surface area (Å²) < 4.78 is 5.21. The molecule has 2 rings (SSSR count). The first-order chi connectivity index (χ1) is 14.6. The molecule has 0 aliphatic rings. The molecule has 7 nitrogen and oxygen atoms in total. The Balaban J connectivity index is 0.000000445. The number of hydrogen-bond donors (Lipinski definition) is 0. The topological polar surface area (TPSA) is 148 Å². The van der Waals surface area contributed by atoms with Gasteiger partial charge in [-0.3, -0.25) is 0 Å². The summed E-state index contributed by atoms with van der Waals surface area (Å²) in [5.41, 5.74) is 0. The summed E-state index contributed by atoms with van der Waals surface area (Å²) in [5.74, 6) is 0. The fourth-order valence-electron chi connectivity index (χ4n) is 1.92. The fraction of sp³-hybridized carbons (Fsp3) is 0.190. The van der Waals surface area contributed by atoms with Gasteiger partial charge in [0, 0.05) is 0 Å². The van der Waals surface area contributed by atoms with E-state index in [0.29, 0.717) is 0 Å². The molecular formula is C21H24FeN6OSn2. The summed E-state index contributed by atoms with van der Waals surface area (Å²) in [4.78, 5) is 24.5. The van der Waals surface area contributed by atoms with Gasteiger partial charge in [-0.1, -0.05) is 0 Å². The zero-order valence-electron chi connectivity index (χ0n) is 17.9. The zero-order chi connectivity index (χ0) is 24.0. The van der Waals surface area contributed by atoms with Crippen LogP contribution in [0.4, 0.5) is 0 Å². The molecule has 2 aromatic carbocycles. The van der Waals surface area contributed by atoms with Crippen LogP contribution in [0.1, 0.15) is 0 Å². The van der Waals surface area contributed by atoms with Gasteiger partial charge in [-0.05, 0) is 0 Å². The van der Waals surface area contributed by atoms with E-state index >= 15 is 0 Å². The molecule has 0 radical (unpaired) electrons. The van der Waals surface area contributed by atoms with E-state index < -0.39 is 50.5 Å². The number of rotatable bonds is 3. The van der Waals surface area contributed by atoms with Crippen molar-refractivity contribution in [2.75, 3.05) is 0 Å². The van der Waals surface area contributed by atoms with Gasteiger partial charge in [0.05, 0.1) is 0 Å². The van der Waals surface area contributed by atoms with Crippen LogP contribution < -0.4 is 7.16 Å². The number of nitriles is 5. The predicted molar refractivity (Wildman–Crippen MR) is 124 cm³/mol. The van der Waals surface area contributed by atoms with Crippen LogP contribution in [0.5, 0.6) is 0 Å². The second-order valence-corrected chi connectivity index (χ2v) is 29.3. The van der Waals surface area contributed by atoms with Crippen LogP contribution in [0.15, 0.2) is 64.9 Å². The van der Waals surface area contributed by atoms with Crippen LogP contribution >= 0.6 is 0 Å². The van der Waals surface area contributed by atoms with Crippen LogP contribution in [0.2, 0.25) is 19.8 Å². The molecule has 0 unspecified atom stereocenters. The van der Waals surface area contributed by atoms with Crippen molar-refractivity contribution in [2.45, 2.75) is 19.8 Å². The molecule has 0 bridgehead atoms. The van der Waals surface area contributed by atoms with Gasteiger partial charge in [-0.25, -0.2) is 0 Å². The molecule has 0 saturated carbocycles. The number of nitrogens with zero attached hydrogens (tertiary/aromatic N) is 6. The maximum absolute atomic E-state index is 10.3. The molecule has 0 heterocycles. The van der Waals surface area contributed by atoms with Crippen molar-refractivity contribution in [3.63, 3.8) is 0 Å². The molecule has 0 saturated heterocycles. The molecular weight excluding hydrogens is 646 g/mol. The first kappa shape index (κ1) is 28.6. The molecule has 0 fully saturated rings. The average Bonchev–Trinajstić information content (AvgIpc) is 2.85. The Morgan fingerprint density at radius 2 is 0.871 bits per heavy atom. The molecule has 0 amide bonds. The Morgan fingerprint density at radius 1 is 0.613 bits per heavy atom. The van der Waals surface area contributed by atoms with Gasteiger partial charge < -0.3 is 0 Å². The van der Waals surface area contributed by atoms with E-state index in [1.807, 2.05) is 4.19 Å². The monoisotopic (exact) mass is 672 g/mol. The molecule has 10 heteroatoms. The second-order valence-electron chi connectivity index (χ2n) is 6.87. The van der Waals surface area contributed by atoms with E-state index in [1.54, 1.807) is 7.16 Å². The minimum atomic E-state index is -6.40. The molecule has 0 aromatic heterocycles. The Labute approximate surface area is 196 Å². The van der Waals surface area contributed by atoms with Crippen molar-refractivity contribution in [3.8, 4) is 24.8 Å². The molecule has 0 spiro atoms. The van der Waals surface area contributed by atoms with Gasteiger partial charge >= 0.3 is 198 Å². The first-order valence-electron chi connectivity index (χ1n) is 9.05. The summed E-state index contributed by atoms with van der Waals surface area (Å²) in [5, 5.41) is 42.5. The third-order valence-corrected chi connectivity index (χ3v) is 17.4. The van der Waals surface area contributed by atoms with Gasteiger partial charge in [0.2, 0.25) is 0 Å². The van der Waals surface area contributed by atoms with Crippen molar-refractivity contribution in [2.24, 2.45) is 4.19 Å². The van der Waals surface area contributed by atoms with Gasteiger partial charge in [-0.2, -0.15) is 0 Å². The normalized spacial score (nSPS) is 11.6. The SMILES string of the molecule is N#[C][Fe]([C]#N)([C]#N)([C]#N)([C]#N)[N]=O.[CH3][SnH]([CH3])[c]1ccccc1.[CH3][SnH]([CH3])[c]1ccccc1. The number of hydrogen-bond acceptors (Lipinski definition) is 7. The van der Waals surface area contributed by atoms with Gasteiger partial charge in [0.25, 0.3) is 0 Å². The van der Waals surface area contributed by atoms with Crippen molar-refractivity contribution >= 4 is 46.7 Å². The Bertz CT molecular complexity index is 967. The number of nitroso groups, excluding NO2 is 1. The molecule has 160 valence electrons. The van der Waals surface area contributed by atoms with Crippen LogP contribution in [0, 0.1) is 56.1 Å². The summed E-state index contributed by atoms with van der Waals surface area (Å²) in [6.07, 6.45) is 0. The third kappa shape index (κ3) is 6.80. The minimum absolute atomic E-state index is 0.913. The van der Waals surface area contributed by atoms with E-state index in [1.165, 1.54) is 0 Å². The predicted octanol–water partition coefficient (Wildman–Crippen LogP) is 3.06. The molecule has 0 N–H and O–H groups in total. The van der Waals surface area contributed by atoms with E-state index in [-0.39, 0.29) is 0 Å². The van der Waals surface area contributed by atoms with Crippen LogP contribution in [-0.4, -0.2) is 39.5 Å². The second kappa shape index (κ2) is 11.9. The van der Waals surface area contributed by atoms with Crippen molar-refractivity contribution in [1.82, 2.24) is 0 Å². The quantitative estimate of drug-likeness (QED) is 0.363. The van der Waals surface area contributed by atoms with Crippen LogP contribution in [0.25, 0.3) is 0 Å².